The molecule has 24 heavy (non-hydrogen) atoms. The van der Waals surface area contributed by atoms with Gasteiger partial charge in [0.1, 0.15) is 0 Å². The standard InChI is InChI=1S/C19H23ClNOPS/c1-24(16-9-4-2-5-10-16,17-11-6-3-7-12-17)15-19-18-13-8-14-21(18)23(20)22-19/h2-7,9-12,18-19H,8,13-15H2,1H3/t18-,19?,23?/m0/s1. The average molecular weight is 380 g/mol. The number of fused-ring (bicyclic) bond motifs is 1. The topological polar surface area (TPSA) is 12.5 Å². The highest BCUT2D eigenvalue weighted by atomic mass is 35.7. The molecule has 2 unspecified atom stereocenters. The molecule has 2 saturated heterocycles. The van der Waals surface area contributed by atoms with E-state index < -0.39 is 17.7 Å². The van der Waals surface area contributed by atoms with Gasteiger partial charge in [-0.1, -0.05) is 36.4 Å². The van der Waals surface area contributed by atoms with Crippen molar-refractivity contribution in [3.05, 3.63) is 60.7 Å². The number of rotatable bonds is 4. The van der Waals surface area contributed by atoms with Crippen molar-refractivity contribution in [3.63, 3.8) is 0 Å². The first-order chi connectivity index (χ1) is 11.7. The smallest absolute Gasteiger partial charge is 0.207 e. The molecule has 5 heteroatoms. The van der Waals surface area contributed by atoms with E-state index in [4.69, 9.17) is 15.8 Å². The average Bonchev–Trinajstić information content (AvgIpc) is 3.22. The summed E-state index contributed by atoms with van der Waals surface area (Å²) in [6, 6.07) is 22.4. The Morgan fingerprint density at radius 3 is 2.25 bits per heavy atom. The van der Waals surface area contributed by atoms with Gasteiger partial charge in [0, 0.05) is 18.3 Å². The summed E-state index contributed by atoms with van der Waals surface area (Å²) in [7, 11) is -2.06. The molecule has 0 bridgehead atoms. The van der Waals surface area contributed by atoms with Crippen molar-refractivity contribution in [2.24, 2.45) is 0 Å². The largest absolute Gasteiger partial charge is 0.326 e. The lowest BCUT2D eigenvalue weighted by molar-refractivity contribution is 0.237. The molecule has 2 heterocycles. The van der Waals surface area contributed by atoms with Crippen LogP contribution in [0.3, 0.4) is 0 Å². The molecular weight excluding hydrogens is 357 g/mol. The number of nitrogens with zero attached hydrogens (tertiary/aromatic N) is 1. The summed E-state index contributed by atoms with van der Waals surface area (Å²) in [6.45, 7) is 1.10. The van der Waals surface area contributed by atoms with E-state index in [0.29, 0.717) is 6.04 Å². The lowest BCUT2D eigenvalue weighted by Gasteiger charge is -2.39. The molecule has 0 radical (unpaired) electrons. The summed E-state index contributed by atoms with van der Waals surface area (Å²) in [6.07, 6.45) is 5.14. The van der Waals surface area contributed by atoms with Crippen molar-refractivity contribution in [3.8, 4) is 0 Å². The third-order valence-electron chi connectivity index (χ3n) is 5.15. The van der Waals surface area contributed by atoms with Gasteiger partial charge in [-0.25, -0.2) is 4.67 Å². The number of hydrogen-bond donors (Lipinski definition) is 0. The van der Waals surface area contributed by atoms with E-state index in [9.17, 15) is 0 Å². The molecule has 0 spiro atoms. The van der Waals surface area contributed by atoms with Gasteiger partial charge < -0.3 is 4.52 Å². The predicted octanol–water partition coefficient (Wildman–Crippen LogP) is 5.87. The SMILES string of the molecule is CS(CC1OP(Cl)N2CCC[C@@H]12)(c1ccccc1)c1ccccc1. The molecule has 2 fully saturated rings. The quantitative estimate of drug-likeness (QED) is 0.616. The Labute approximate surface area is 152 Å². The summed E-state index contributed by atoms with van der Waals surface area (Å²) in [4.78, 5) is 2.85. The minimum absolute atomic E-state index is 0.247. The van der Waals surface area contributed by atoms with Crippen LogP contribution in [0, 0.1) is 0 Å². The van der Waals surface area contributed by atoms with Gasteiger partial charge in [-0.3, -0.25) is 0 Å². The summed E-state index contributed by atoms with van der Waals surface area (Å²) in [5.41, 5.74) is 0. The molecule has 2 aliphatic heterocycles. The van der Waals surface area contributed by atoms with Crippen molar-refractivity contribution >= 4 is 28.9 Å². The van der Waals surface area contributed by atoms with Gasteiger partial charge in [-0.15, -0.1) is 0 Å². The third-order valence-corrected chi connectivity index (χ3v) is 10.9. The summed E-state index contributed by atoms with van der Waals surface area (Å²) in [5, 5.41) is 0. The molecule has 2 nitrogen and oxygen atoms in total. The molecule has 4 rings (SSSR count). The Morgan fingerprint density at radius 2 is 1.67 bits per heavy atom. The monoisotopic (exact) mass is 379 g/mol. The lowest BCUT2D eigenvalue weighted by atomic mass is 10.1. The Kier molecular flexibility index (Phi) is 4.90. The second-order valence-electron chi connectivity index (χ2n) is 6.62. The van der Waals surface area contributed by atoms with E-state index in [1.807, 2.05) is 0 Å². The summed E-state index contributed by atoms with van der Waals surface area (Å²) < 4.78 is 8.64. The van der Waals surface area contributed by atoms with Crippen LogP contribution < -0.4 is 0 Å². The fourth-order valence-corrected chi connectivity index (χ4v) is 9.28. The minimum atomic E-state index is -1.14. The maximum atomic E-state index is 6.51. The van der Waals surface area contributed by atoms with E-state index in [1.165, 1.54) is 22.6 Å². The minimum Gasteiger partial charge on any atom is -0.326 e. The van der Waals surface area contributed by atoms with E-state index in [-0.39, 0.29) is 6.10 Å². The van der Waals surface area contributed by atoms with Crippen LogP contribution in [-0.2, 0) is 4.52 Å². The highest BCUT2D eigenvalue weighted by Gasteiger charge is 2.46. The zero-order valence-electron chi connectivity index (χ0n) is 13.8. The van der Waals surface area contributed by atoms with Gasteiger partial charge in [0.15, 0.2) is 0 Å². The first kappa shape index (κ1) is 16.9. The molecule has 0 aromatic heterocycles. The molecule has 3 atom stereocenters. The molecule has 0 amide bonds. The maximum Gasteiger partial charge on any atom is 0.207 e. The zero-order valence-corrected chi connectivity index (χ0v) is 16.3. The number of benzene rings is 2. The highest BCUT2D eigenvalue weighted by Crippen LogP contribution is 2.65. The van der Waals surface area contributed by atoms with Gasteiger partial charge in [-0.05, 0) is 64.4 Å². The van der Waals surface area contributed by atoms with Crippen LogP contribution in [0.25, 0.3) is 0 Å². The molecule has 2 aliphatic rings. The Hall–Kier alpha value is -0.570. The molecule has 0 N–H and O–H groups in total. The number of halogens is 1. The van der Waals surface area contributed by atoms with Crippen LogP contribution in [0.5, 0.6) is 0 Å². The second-order valence-corrected chi connectivity index (χ2v) is 12.1. The number of hydrogen-bond acceptors (Lipinski definition) is 2. The van der Waals surface area contributed by atoms with E-state index in [1.54, 1.807) is 0 Å². The van der Waals surface area contributed by atoms with E-state index in [0.717, 1.165) is 12.3 Å². The van der Waals surface area contributed by atoms with Crippen LogP contribution in [0.2, 0.25) is 0 Å². The van der Waals surface area contributed by atoms with Crippen LogP contribution in [-0.4, -0.2) is 35.4 Å². The third kappa shape index (κ3) is 3.02. The van der Waals surface area contributed by atoms with Crippen molar-refractivity contribution in [2.75, 3.05) is 18.6 Å². The second kappa shape index (κ2) is 6.97. The maximum absolute atomic E-state index is 6.51. The Balaban J connectivity index is 1.69. The normalized spacial score (nSPS) is 28.0. The molecule has 0 aliphatic carbocycles. The van der Waals surface area contributed by atoms with Gasteiger partial charge in [0.05, 0.1) is 6.10 Å². The molecule has 128 valence electrons. The Bertz CT molecular complexity index is 647. The van der Waals surface area contributed by atoms with Crippen LogP contribution >= 0.6 is 28.9 Å². The molecule has 0 saturated carbocycles. The van der Waals surface area contributed by atoms with Gasteiger partial charge >= 0.3 is 0 Å². The van der Waals surface area contributed by atoms with Gasteiger partial charge in [0.25, 0.3) is 0 Å². The van der Waals surface area contributed by atoms with Crippen molar-refractivity contribution in [1.29, 1.82) is 0 Å². The first-order valence-corrected chi connectivity index (χ1v) is 12.8. The summed E-state index contributed by atoms with van der Waals surface area (Å²) in [5.74, 6) is 1.05. The highest BCUT2D eigenvalue weighted by molar-refractivity contribution is 8.33. The summed E-state index contributed by atoms with van der Waals surface area (Å²) >= 11 is 6.51. The fraction of sp³-hybridized carbons (Fsp3) is 0.368. The Morgan fingerprint density at radius 1 is 1.08 bits per heavy atom. The van der Waals surface area contributed by atoms with Gasteiger partial charge in [-0.2, -0.15) is 10.0 Å². The van der Waals surface area contributed by atoms with Gasteiger partial charge in [0.2, 0.25) is 7.65 Å². The molecular formula is C19H23ClNOPS. The lowest BCUT2D eigenvalue weighted by Crippen LogP contribution is -2.32. The first-order valence-electron chi connectivity index (χ1n) is 8.44. The van der Waals surface area contributed by atoms with Crippen molar-refractivity contribution in [1.82, 2.24) is 4.67 Å². The predicted molar refractivity (Wildman–Crippen MR) is 105 cm³/mol. The van der Waals surface area contributed by atoms with Crippen molar-refractivity contribution < 1.29 is 4.52 Å². The molecule has 2 aromatic rings. The molecule has 2 aromatic carbocycles. The van der Waals surface area contributed by atoms with Crippen molar-refractivity contribution in [2.45, 2.75) is 34.8 Å². The fourth-order valence-electron chi connectivity index (χ4n) is 3.83. The van der Waals surface area contributed by atoms with Crippen LogP contribution in [0.1, 0.15) is 12.8 Å². The van der Waals surface area contributed by atoms with Crippen LogP contribution in [0.15, 0.2) is 70.5 Å². The van der Waals surface area contributed by atoms with E-state index in [2.05, 4.69) is 71.6 Å². The van der Waals surface area contributed by atoms with Crippen LogP contribution in [0.4, 0.5) is 0 Å². The van der Waals surface area contributed by atoms with E-state index >= 15 is 0 Å². The zero-order chi connectivity index (χ0) is 16.6.